The molecule has 1 saturated heterocycles. The number of hydrogen-bond donors (Lipinski definition) is 2. The molecule has 2 amide bonds. The summed E-state index contributed by atoms with van der Waals surface area (Å²) in [6.45, 7) is 2.14. The molecule has 0 radical (unpaired) electrons. The van der Waals surface area contributed by atoms with E-state index in [4.69, 9.17) is 10.5 Å². The van der Waals surface area contributed by atoms with Crippen LogP contribution in [0.1, 0.15) is 18.9 Å². The summed E-state index contributed by atoms with van der Waals surface area (Å²) in [7, 11) is 0. The minimum atomic E-state index is -1.31. The highest BCUT2D eigenvalue weighted by Gasteiger charge is 2.35. The molecule has 0 aliphatic carbocycles. The van der Waals surface area contributed by atoms with Gasteiger partial charge in [-0.05, 0) is 49.2 Å². The second kappa shape index (κ2) is 11.9. The third-order valence-electron chi connectivity index (χ3n) is 5.03. The maximum Gasteiger partial charge on any atom is 0.513 e. The van der Waals surface area contributed by atoms with Gasteiger partial charge in [-0.1, -0.05) is 0 Å². The molecule has 1 unspecified atom stereocenters. The highest BCUT2D eigenvalue weighted by Crippen LogP contribution is 2.27. The van der Waals surface area contributed by atoms with E-state index in [9.17, 15) is 27.6 Å². The number of nitrogens with one attached hydrogen (secondary N) is 1. The summed E-state index contributed by atoms with van der Waals surface area (Å²) in [6, 6.07) is 6.32. The number of amides is 2. The number of benzene rings is 2. The van der Waals surface area contributed by atoms with Crippen LogP contribution in [-0.4, -0.2) is 53.2 Å². The topological polar surface area (TPSA) is 111 Å². The van der Waals surface area contributed by atoms with Crippen molar-refractivity contribution in [1.29, 1.82) is 0 Å². The number of carbonyl (C=O) groups is 3. The van der Waals surface area contributed by atoms with E-state index in [1.807, 2.05) is 0 Å². The smallest absolute Gasteiger partial charge is 0.434 e. The lowest BCUT2D eigenvalue weighted by Crippen LogP contribution is -2.44. The Labute approximate surface area is 203 Å². The molecular weight excluding hydrogens is 487 g/mol. The van der Waals surface area contributed by atoms with E-state index in [-0.39, 0.29) is 30.8 Å². The molecule has 2 atom stereocenters. The van der Waals surface area contributed by atoms with E-state index in [0.29, 0.717) is 24.1 Å². The molecule has 188 valence electrons. The molecule has 2 aromatic rings. The van der Waals surface area contributed by atoms with Crippen molar-refractivity contribution in [2.45, 2.75) is 31.2 Å². The lowest BCUT2D eigenvalue weighted by Gasteiger charge is -2.24. The number of carbonyl (C=O) groups excluding carboxylic acids is 3. The third-order valence-corrected chi connectivity index (χ3v) is 6.23. The van der Waals surface area contributed by atoms with Gasteiger partial charge in [0.1, 0.15) is 11.6 Å². The highest BCUT2D eigenvalue weighted by molar-refractivity contribution is 8.00. The van der Waals surface area contributed by atoms with Gasteiger partial charge in [0, 0.05) is 36.5 Å². The Morgan fingerprint density at radius 3 is 2.51 bits per heavy atom. The zero-order valence-corrected chi connectivity index (χ0v) is 19.6. The van der Waals surface area contributed by atoms with Crippen molar-refractivity contribution < 1.29 is 37.0 Å². The number of rotatable bonds is 8. The molecule has 2 aromatic carbocycles. The van der Waals surface area contributed by atoms with Crippen molar-refractivity contribution in [2.75, 3.05) is 24.2 Å². The van der Waals surface area contributed by atoms with Gasteiger partial charge in [0.25, 0.3) is 5.91 Å². The lowest BCUT2D eigenvalue weighted by atomic mass is 10.0. The lowest BCUT2D eigenvalue weighted by molar-refractivity contribution is -0.135. The number of anilines is 1. The average molecular weight is 512 g/mol. The predicted octanol–water partition coefficient (Wildman–Crippen LogP) is 3.44. The highest BCUT2D eigenvalue weighted by atomic mass is 32.2. The number of halogens is 3. The number of ether oxygens (including phenoxy) is 2. The van der Waals surface area contributed by atoms with Crippen molar-refractivity contribution in [3.05, 3.63) is 59.4 Å². The Morgan fingerprint density at radius 2 is 1.83 bits per heavy atom. The summed E-state index contributed by atoms with van der Waals surface area (Å²) in [6.07, 6.45) is -1.22. The summed E-state index contributed by atoms with van der Waals surface area (Å²) in [5, 5.41) is 1.90. The SMILES string of the molecule is CCOC(=O)Oc1ccc(NC(=O)C2SCCN2C(=O)C[C@H](N)Cc2cc(F)c(F)cc2F)cc1. The van der Waals surface area contributed by atoms with E-state index in [1.165, 1.54) is 40.9 Å². The van der Waals surface area contributed by atoms with Crippen LogP contribution in [0.25, 0.3) is 0 Å². The standard InChI is InChI=1S/C23H24F3N3O5S/c1-2-33-23(32)34-16-5-3-15(4-6-16)28-21(31)22-29(7-8-35-22)20(30)11-14(27)9-13-10-18(25)19(26)12-17(13)24/h3-6,10,12,14,22H,2,7-9,11,27H2,1H3,(H,28,31)/t14-,22?/m1/s1. The van der Waals surface area contributed by atoms with Crippen LogP contribution >= 0.6 is 11.8 Å². The van der Waals surface area contributed by atoms with Crippen LogP contribution in [0.5, 0.6) is 5.75 Å². The monoisotopic (exact) mass is 511 g/mol. The molecular formula is C23H24F3N3O5S. The molecule has 0 spiro atoms. The first-order valence-corrected chi connectivity index (χ1v) is 11.8. The molecule has 0 aromatic heterocycles. The first kappa shape index (κ1) is 26.4. The first-order valence-electron chi connectivity index (χ1n) is 10.7. The quantitative estimate of drug-likeness (QED) is 0.317. The number of nitrogens with two attached hydrogens (primary N) is 1. The zero-order chi connectivity index (χ0) is 25.5. The third kappa shape index (κ3) is 7.12. The molecule has 1 fully saturated rings. The fraction of sp³-hybridized carbons (Fsp3) is 0.348. The van der Waals surface area contributed by atoms with Gasteiger partial charge in [0.05, 0.1) is 6.61 Å². The van der Waals surface area contributed by atoms with E-state index in [2.05, 4.69) is 10.1 Å². The summed E-state index contributed by atoms with van der Waals surface area (Å²) in [5.74, 6) is -3.53. The van der Waals surface area contributed by atoms with Crippen LogP contribution in [-0.2, 0) is 20.7 Å². The van der Waals surface area contributed by atoms with Crippen LogP contribution in [0.2, 0.25) is 0 Å². The van der Waals surface area contributed by atoms with Gasteiger partial charge in [-0.2, -0.15) is 0 Å². The summed E-state index contributed by atoms with van der Waals surface area (Å²) in [5.41, 5.74) is 6.25. The Kier molecular flexibility index (Phi) is 8.99. The number of hydrogen-bond acceptors (Lipinski definition) is 7. The molecule has 35 heavy (non-hydrogen) atoms. The maximum atomic E-state index is 13.9. The van der Waals surface area contributed by atoms with Gasteiger partial charge in [0.2, 0.25) is 5.91 Å². The normalized spacial score (nSPS) is 16.0. The van der Waals surface area contributed by atoms with Gasteiger partial charge < -0.3 is 25.4 Å². The van der Waals surface area contributed by atoms with Gasteiger partial charge in [-0.15, -0.1) is 11.8 Å². The van der Waals surface area contributed by atoms with Crippen molar-refractivity contribution in [3.8, 4) is 5.75 Å². The van der Waals surface area contributed by atoms with Gasteiger partial charge in [-0.25, -0.2) is 18.0 Å². The number of thioether (sulfide) groups is 1. The fourth-order valence-corrected chi connectivity index (χ4v) is 4.55. The average Bonchev–Trinajstić information content (AvgIpc) is 3.29. The summed E-state index contributed by atoms with van der Waals surface area (Å²) < 4.78 is 50.1. The minimum absolute atomic E-state index is 0.135. The molecule has 0 saturated carbocycles. The summed E-state index contributed by atoms with van der Waals surface area (Å²) >= 11 is 1.28. The molecule has 1 heterocycles. The second-order valence-corrected chi connectivity index (χ2v) is 8.82. The van der Waals surface area contributed by atoms with E-state index in [0.717, 1.165) is 6.07 Å². The van der Waals surface area contributed by atoms with Gasteiger partial charge in [-0.3, -0.25) is 9.59 Å². The van der Waals surface area contributed by atoms with Crippen molar-refractivity contribution in [2.24, 2.45) is 5.73 Å². The minimum Gasteiger partial charge on any atom is -0.434 e. The first-order chi connectivity index (χ1) is 16.7. The van der Waals surface area contributed by atoms with Crippen LogP contribution in [0, 0.1) is 17.5 Å². The van der Waals surface area contributed by atoms with Gasteiger partial charge >= 0.3 is 6.16 Å². The van der Waals surface area contributed by atoms with Crippen LogP contribution in [0.4, 0.5) is 23.7 Å². The fourth-order valence-electron chi connectivity index (χ4n) is 3.41. The zero-order valence-electron chi connectivity index (χ0n) is 18.8. The Balaban J connectivity index is 1.56. The van der Waals surface area contributed by atoms with Crippen LogP contribution < -0.4 is 15.8 Å². The summed E-state index contributed by atoms with van der Waals surface area (Å²) in [4.78, 5) is 38.3. The Bertz CT molecular complexity index is 1090. The molecule has 8 nitrogen and oxygen atoms in total. The van der Waals surface area contributed by atoms with Crippen molar-refractivity contribution in [1.82, 2.24) is 4.90 Å². The maximum absolute atomic E-state index is 13.9. The molecule has 0 bridgehead atoms. The Morgan fingerprint density at radius 1 is 1.14 bits per heavy atom. The largest absolute Gasteiger partial charge is 0.513 e. The molecule has 1 aliphatic heterocycles. The van der Waals surface area contributed by atoms with Crippen LogP contribution in [0.3, 0.4) is 0 Å². The molecule has 3 N–H and O–H groups in total. The molecule has 3 rings (SSSR count). The predicted molar refractivity (Wildman–Crippen MR) is 123 cm³/mol. The van der Waals surface area contributed by atoms with Crippen molar-refractivity contribution >= 4 is 35.4 Å². The van der Waals surface area contributed by atoms with E-state index in [1.54, 1.807) is 6.92 Å². The Hall–Kier alpha value is -3.25. The van der Waals surface area contributed by atoms with E-state index >= 15 is 0 Å². The second-order valence-electron chi connectivity index (χ2n) is 7.64. The molecule has 12 heteroatoms. The van der Waals surface area contributed by atoms with Gasteiger partial charge in [0.15, 0.2) is 17.0 Å². The number of nitrogens with zero attached hydrogens (tertiary/aromatic N) is 1. The molecule has 1 aliphatic rings. The van der Waals surface area contributed by atoms with Crippen LogP contribution in [0.15, 0.2) is 36.4 Å². The van der Waals surface area contributed by atoms with Crippen molar-refractivity contribution in [3.63, 3.8) is 0 Å². The van der Waals surface area contributed by atoms with E-state index < -0.39 is 46.8 Å².